The monoisotopic (exact) mass is 2000 g/mol. The molecule has 10 atom stereocenters. The molecule has 6 aromatic carbocycles. The van der Waals surface area contributed by atoms with Gasteiger partial charge in [0, 0.05) is 75.5 Å². The molecule has 0 aliphatic carbocycles. The Balaban J connectivity index is 0.000000435. The predicted molar refractivity (Wildman–Crippen MR) is 549 cm³/mol. The standard InChI is InChI=1S/C56H76N4O11.C55H75N5O11.ClH/c1-40(34-41-18-12-10-13-19-41)53(64)71-49(39-60(59-52(63)46(55(2,3)4)37-50(62)67-9)38-43-23-25-44(26-24-43)47-22-16-17-27-57-47)45(35-42-20-14-11-15-21-42)36-48(61)51(56(5,6)7)58-54(65)70-33-32-69-31-30-68-29-28-66-8;1-54(2,3)44(36-49(62)67-8)51(63)59-60(37-41-22-24-42(25-23-41)46-21-15-16-26-57-46)38-48(71-52(64)45(56)34-40-19-13-10-14-20-40)43(33-39-17-11-9-12-18-39)35-47(61)50(55(4,5)6)58-53(65)70-32-31-69-30-29-68-28-27-66-7;/h10-27,40,45-46,49,51H,28-39H2,1-9H3,(H,58,65)(H,59,63);9-26,43-45,48,50H,27-38,56H2,1-8H3,(H,58,65)(H,59,63);1H/t40-,45+,46+,49-,51+;43-,44-,45+,48+,50-;/m01./s1. The Hall–Kier alpha value is -11.8. The summed E-state index contributed by atoms with van der Waals surface area (Å²) in [5, 5.41) is 8.96. The number of amides is 4. The van der Waals surface area contributed by atoms with Crippen molar-refractivity contribution in [3.63, 3.8) is 0 Å². The molecule has 0 unspecified atom stereocenters. The molecule has 6 N–H and O–H groups in total. The third-order valence-electron chi connectivity index (χ3n) is 23.8. The van der Waals surface area contributed by atoms with E-state index in [9.17, 15) is 47.9 Å². The van der Waals surface area contributed by atoms with Gasteiger partial charge in [-0.05, 0) is 105 Å². The molecule has 0 spiro atoms. The normalized spacial score (nSPS) is 13.7. The molecule has 0 saturated heterocycles. The number of pyridine rings is 2. The number of methoxy groups -OCH3 is 4. The number of halogens is 1. The average Bonchev–Trinajstić information content (AvgIpc) is 0.821. The summed E-state index contributed by atoms with van der Waals surface area (Å²) in [4.78, 5) is 148. The molecule has 0 bridgehead atoms. The van der Waals surface area contributed by atoms with Crippen molar-refractivity contribution in [2.75, 3.05) is 121 Å². The fourth-order valence-electron chi connectivity index (χ4n) is 15.9. The Morgan fingerprint density at radius 3 is 0.986 bits per heavy atom. The van der Waals surface area contributed by atoms with Gasteiger partial charge in [-0.2, -0.15) is 0 Å². The fourth-order valence-corrected chi connectivity index (χ4v) is 15.9. The highest BCUT2D eigenvalue weighted by Crippen LogP contribution is 2.35. The molecule has 0 radical (unpaired) electrons. The number of hydrazine groups is 2. The number of alkyl carbamates (subject to hydrolysis) is 2. The molecule has 0 saturated carbocycles. The zero-order valence-electron chi connectivity index (χ0n) is 86.3. The summed E-state index contributed by atoms with van der Waals surface area (Å²) >= 11 is 0. The summed E-state index contributed by atoms with van der Waals surface area (Å²) in [7, 11) is 5.75. The molecular formula is C111H152ClN9O22. The molecule has 31 nitrogen and oxygen atoms in total. The van der Waals surface area contributed by atoms with Crippen molar-refractivity contribution in [3.05, 3.63) is 252 Å². The molecule has 0 fully saturated rings. The van der Waals surface area contributed by atoms with Crippen LogP contribution < -0.4 is 27.2 Å². The minimum Gasteiger partial charge on any atom is -0.469 e. The summed E-state index contributed by atoms with van der Waals surface area (Å²) in [5.74, 6) is -7.37. The van der Waals surface area contributed by atoms with Gasteiger partial charge in [-0.1, -0.05) is 272 Å². The number of benzene rings is 6. The smallest absolute Gasteiger partial charge is 0.407 e. The number of hydrogen-bond acceptors (Lipinski definition) is 27. The summed E-state index contributed by atoms with van der Waals surface area (Å²) in [5.41, 5.74) is 18.4. The minimum atomic E-state index is -1.08. The topological polar surface area (TPSA) is 388 Å². The van der Waals surface area contributed by atoms with Crippen LogP contribution in [0.5, 0.6) is 0 Å². The van der Waals surface area contributed by atoms with E-state index in [0.717, 1.165) is 55.9 Å². The van der Waals surface area contributed by atoms with Crippen LogP contribution in [0.4, 0.5) is 9.59 Å². The fraction of sp³-hybridized carbons (Fsp3) is 0.495. The van der Waals surface area contributed by atoms with Crippen molar-refractivity contribution >= 4 is 71.9 Å². The number of carbonyl (C=O) groups is 10. The quantitative estimate of drug-likeness (QED) is 0.0102. The van der Waals surface area contributed by atoms with Gasteiger partial charge in [0.05, 0.1) is 147 Å². The van der Waals surface area contributed by atoms with Gasteiger partial charge in [0.25, 0.3) is 0 Å². The van der Waals surface area contributed by atoms with Crippen LogP contribution in [0.2, 0.25) is 0 Å². The Kier molecular flexibility index (Phi) is 52.6. The van der Waals surface area contributed by atoms with Gasteiger partial charge in [-0.15, -0.1) is 12.4 Å². The highest BCUT2D eigenvalue weighted by atomic mass is 35.5. The van der Waals surface area contributed by atoms with Crippen LogP contribution in [0.3, 0.4) is 0 Å². The van der Waals surface area contributed by atoms with Gasteiger partial charge in [0.2, 0.25) is 11.8 Å². The van der Waals surface area contributed by atoms with Gasteiger partial charge < -0.3 is 73.2 Å². The number of esters is 4. The van der Waals surface area contributed by atoms with E-state index in [2.05, 4.69) is 31.5 Å². The first kappa shape index (κ1) is 120. The second-order valence-corrected chi connectivity index (χ2v) is 39.6. The molecular weight excluding hydrogens is 1850 g/mol. The zero-order valence-corrected chi connectivity index (χ0v) is 87.1. The second kappa shape index (κ2) is 62.7. The third-order valence-corrected chi connectivity index (χ3v) is 23.8. The lowest BCUT2D eigenvalue weighted by molar-refractivity contribution is -0.160. The molecule has 8 rings (SSSR count). The van der Waals surface area contributed by atoms with Gasteiger partial charge in [0.1, 0.15) is 31.5 Å². The van der Waals surface area contributed by atoms with Crippen LogP contribution in [-0.2, 0) is 134 Å². The maximum atomic E-state index is 14.9. The van der Waals surface area contributed by atoms with Crippen molar-refractivity contribution in [3.8, 4) is 22.5 Å². The molecule has 0 aliphatic rings. The number of ketones is 2. The van der Waals surface area contributed by atoms with E-state index in [0.29, 0.717) is 65.7 Å². The summed E-state index contributed by atoms with van der Waals surface area (Å²) in [6, 6.07) is 61.8. The maximum absolute atomic E-state index is 14.9. The minimum absolute atomic E-state index is 0. The molecule has 4 amide bonds. The van der Waals surface area contributed by atoms with E-state index in [-0.39, 0.29) is 115 Å². The highest BCUT2D eigenvalue weighted by Gasteiger charge is 2.43. The Bertz CT molecular complexity index is 4760. The largest absolute Gasteiger partial charge is 0.469 e. The number of Topliss-reactive ketones (excluding diaryl/α,β-unsaturated/α-hetero) is 2. The lowest BCUT2D eigenvalue weighted by Crippen LogP contribution is -2.53. The molecule has 32 heteroatoms. The Morgan fingerprint density at radius 2 is 0.671 bits per heavy atom. The van der Waals surface area contributed by atoms with Gasteiger partial charge >= 0.3 is 36.1 Å². The Morgan fingerprint density at radius 1 is 0.357 bits per heavy atom. The van der Waals surface area contributed by atoms with E-state index in [1.807, 2.05) is 289 Å². The maximum Gasteiger partial charge on any atom is 0.407 e. The number of carbonyl (C=O) groups excluding carboxylic acids is 10. The van der Waals surface area contributed by atoms with Crippen LogP contribution in [0.15, 0.2) is 219 Å². The van der Waals surface area contributed by atoms with Crippen LogP contribution in [0, 0.1) is 51.2 Å². The average molecular weight is 2000 g/mol. The van der Waals surface area contributed by atoms with Crippen molar-refractivity contribution in [2.24, 2.45) is 57.0 Å². The highest BCUT2D eigenvalue weighted by molar-refractivity contribution is 5.90. The van der Waals surface area contributed by atoms with E-state index in [4.69, 9.17) is 62.6 Å². The first-order valence-corrected chi connectivity index (χ1v) is 48.5. The zero-order chi connectivity index (χ0) is 104. The number of nitrogens with one attached hydrogen (secondary N) is 4. The molecule has 780 valence electrons. The molecule has 0 aliphatic heterocycles. The van der Waals surface area contributed by atoms with Crippen molar-refractivity contribution < 1.29 is 105 Å². The lowest BCUT2D eigenvalue weighted by atomic mass is 9.78. The molecule has 8 aromatic rings. The van der Waals surface area contributed by atoms with Gasteiger partial charge in [-0.25, -0.2) is 19.6 Å². The summed E-state index contributed by atoms with van der Waals surface area (Å²) in [6.45, 7) is 27.5. The SMILES string of the molecule is COCCOCCOCCOC(=O)N[C@H](C(=O)C[C@@H](Cc1ccccc1)[C@H](CN(Cc1ccc(-c2ccccn2)cc1)NC(=O)[C@@H](CC(=O)OC)C(C)(C)C)OC(=O)[C@@H](C)Cc1ccccc1)C(C)(C)C.COCCOCCOCCOC(=O)N[C@H](C(=O)C[C@@H](Cc1ccccc1)[C@H](CN(Cc1ccc(-c2ccccn2)cc1)NC(=O)[C@@H](CC(=O)OC)C(C)(C)C)OC(=O)[C@@H](N)Cc1ccccc1)C(C)(C)C.Cl. The number of nitrogens with zero attached hydrogens (tertiary/aromatic N) is 4. The molecule has 2 aromatic heterocycles. The van der Waals surface area contributed by atoms with Gasteiger partial charge in [-0.3, -0.25) is 59.2 Å². The molecule has 2 heterocycles. The number of ether oxygens (including phenoxy) is 12. The van der Waals surface area contributed by atoms with Crippen molar-refractivity contribution in [1.29, 1.82) is 0 Å². The number of aromatic nitrogens is 2. The van der Waals surface area contributed by atoms with E-state index < -0.39 is 129 Å². The Labute approximate surface area is 850 Å². The van der Waals surface area contributed by atoms with Crippen LogP contribution in [0.25, 0.3) is 22.5 Å². The van der Waals surface area contributed by atoms with E-state index in [1.54, 1.807) is 43.6 Å². The third kappa shape index (κ3) is 45.0. The van der Waals surface area contributed by atoms with Crippen LogP contribution in [0.1, 0.15) is 149 Å². The summed E-state index contributed by atoms with van der Waals surface area (Å²) < 4.78 is 65.8. The first-order valence-electron chi connectivity index (χ1n) is 48.5. The van der Waals surface area contributed by atoms with Crippen molar-refractivity contribution in [2.45, 2.75) is 185 Å². The number of nitrogens with two attached hydrogens (primary N) is 1. The number of rotatable bonds is 58. The van der Waals surface area contributed by atoms with Crippen molar-refractivity contribution in [1.82, 2.24) is 41.5 Å². The first-order chi connectivity index (χ1) is 67.7. The van der Waals surface area contributed by atoms with E-state index >= 15 is 0 Å². The van der Waals surface area contributed by atoms with Gasteiger partial charge in [0.15, 0.2) is 11.6 Å². The second-order valence-electron chi connectivity index (χ2n) is 39.6. The van der Waals surface area contributed by atoms with E-state index in [1.165, 1.54) is 14.2 Å². The summed E-state index contributed by atoms with van der Waals surface area (Å²) in [6.07, 6.45) is 0.335. The predicted octanol–water partition coefficient (Wildman–Crippen LogP) is 15.6. The number of hydrogen-bond donors (Lipinski definition) is 5. The van der Waals surface area contributed by atoms with Crippen LogP contribution >= 0.6 is 12.4 Å². The lowest BCUT2D eigenvalue weighted by Gasteiger charge is -2.36. The van der Waals surface area contributed by atoms with Crippen LogP contribution in [-0.4, -0.2) is 231 Å². The molecule has 143 heavy (non-hydrogen) atoms.